The van der Waals surface area contributed by atoms with Crippen LogP contribution in [0.3, 0.4) is 0 Å². The maximum atomic E-state index is 13.2. The van der Waals surface area contributed by atoms with Gasteiger partial charge >= 0.3 is 0 Å². The molecule has 1 unspecified atom stereocenters. The van der Waals surface area contributed by atoms with Crippen LogP contribution in [0.2, 0.25) is 0 Å². The number of hydrogen-bond acceptors (Lipinski definition) is 2. The van der Waals surface area contributed by atoms with Crippen LogP contribution >= 0.6 is 0 Å². The van der Waals surface area contributed by atoms with Crippen LogP contribution in [0.25, 0.3) is 0 Å². The van der Waals surface area contributed by atoms with Crippen molar-refractivity contribution in [1.29, 1.82) is 0 Å². The minimum Gasteiger partial charge on any atom is -0.345 e. The lowest BCUT2D eigenvalue weighted by atomic mass is 9.99. The molecule has 0 spiro atoms. The molecule has 0 N–H and O–H groups in total. The van der Waals surface area contributed by atoms with Gasteiger partial charge in [-0.15, -0.1) is 0 Å². The van der Waals surface area contributed by atoms with Crippen LogP contribution in [-0.4, -0.2) is 29.4 Å². The number of carbonyl (C=O) groups excluding carboxylic acids is 1. The Morgan fingerprint density at radius 1 is 1.23 bits per heavy atom. The standard InChI is InChI=1S/C11H13FN2O.C7H8/c1-14-6-4-9(11(14)15)7-8-3-2-5-13-10(8)12;1-7-5-3-2-4-6-7/h2-3,5,9H,4,6-7H2,1H3;2-6H,1H3. The summed E-state index contributed by atoms with van der Waals surface area (Å²) in [6.07, 6.45) is 2.69. The van der Waals surface area contributed by atoms with E-state index in [0.717, 1.165) is 13.0 Å². The van der Waals surface area contributed by atoms with Gasteiger partial charge in [-0.1, -0.05) is 42.0 Å². The fourth-order valence-electron chi connectivity index (χ4n) is 2.46. The SMILES string of the molecule is CN1CCC(Cc2cccnc2F)C1=O.Cc1ccccc1. The lowest BCUT2D eigenvalue weighted by Crippen LogP contribution is -2.23. The molecule has 3 nitrogen and oxygen atoms in total. The number of amides is 1. The summed E-state index contributed by atoms with van der Waals surface area (Å²) in [5, 5.41) is 0. The smallest absolute Gasteiger partial charge is 0.225 e. The van der Waals surface area contributed by atoms with Crippen LogP contribution in [0.4, 0.5) is 4.39 Å². The number of benzene rings is 1. The summed E-state index contributed by atoms with van der Waals surface area (Å²) in [7, 11) is 1.78. The molecule has 3 rings (SSSR count). The normalized spacial score (nSPS) is 17.1. The quantitative estimate of drug-likeness (QED) is 0.798. The molecule has 1 fully saturated rings. The number of carbonyl (C=O) groups is 1. The van der Waals surface area contributed by atoms with Gasteiger partial charge in [-0.05, 0) is 25.8 Å². The van der Waals surface area contributed by atoms with Crippen molar-refractivity contribution in [3.63, 3.8) is 0 Å². The van der Waals surface area contributed by atoms with E-state index in [0.29, 0.717) is 12.0 Å². The lowest BCUT2D eigenvalue weighted by Gasteiger charge is -2.10. The Kier molecular flexibility index (Phi) is 5.64. The van der Waals surface area contributed by atoms with Gasteiger partial charge in [-0.3, -0.25) is 4.79 Å². The second-order valence-corrected chi connectivity index (χ2v) is 5.56. The molecule has 4 heteroatoms. The van der Waals surface area contributed by atoms with Gasteiger partial charge in [-0.25, -0.2) is 4.98 Å². The Hall–Kier alpha value is -2.23. The number of aryl methyl sites for hydroxylation is 1. The van der Waals surface area contributed by atoms with Crippen molar-refractivity contribution in [3.8, 4) is 0 Å². The summed E-state index contributed by atoms with van der Waals surface area (Å²) in [5.41, 5.74) is 1.86. The number of pyridine rings is 1. The monoisotopic (exact) mass is 300 g/mol. The van der Waals surface area contributed by atoms with E-state index < -0.39 is 5.95 Å². The fourth-order valence-corrected chi connectivity index (χ4v) is 2.46. The number of rotatable bonds is 2. The van der Waals surface area contributed by atoms with Gasteiger partial charge in [0, 0.05) is 31.3 Å². The molecular formula is C18H21FN2O. The first-order chi connectivity index (χ1) is 10.6. The van der Waals surface area contributed by atoms with Crippen molar-refractivity contribution in [2.24, 2.45) is 5.92 Å². The van der Waals surface area contributed by atoms with Crippen LogP contribution in [0.1, 0.15) is 17.5 Å². The molecule has 1 aromatic carbocycles. The van der Waals surface area contributed by atoms with Gasteiger partial charge in [0.25, 0.3) is 0 Å². The van der Waals surface area contributed by atoms with Crippen LogP contribution in [0, 0.1) is 18.8 Å². The third kappa shape index (κ3) is 4.38. The zero-order valence-electron chi connectivity index (χ0n) is 13.0. The topological polar surface area (TPSA) is 33.2 Å². The van der Waals surface area contributed by atoms with Crippen LogP contribution in [-0.2, 0) is 11.2 Å². The Labute approximate surface area is 130 Å². The molecular weight excluding hydrogens is 279 g/mol. The summed E-state index contributed by atoms with van der Waals surface area (Å²) in [5.74, 6) is -0.424. The summed E-state index contributed by atoms with van der Waals surface area (Å²) in [6, 6.07) is 13.6. The summed E-state index contributed by atoms with van der Waals surface area (Å²) >= 11 is 0. The molecule has 0 radical (unpaired) electrons. The molecule has 22 heavy (non-hydrogen) atoms. The first kappa shape index (κ1) is 16.1. The van der Waals surface area contributed by atoms with Crippen molar-refractivity contribution < 1.29 is 9.18 Å². The average molecular weight is 300 g/mol. The molecule has 1 aliphatic heterocycles. The summed E-state index contributed by atoms with van der Waals surface area (Å²) in [4.78, 5) is 16.9. The molecule has 1 saturated heterocycles. The first-order valence-corrected chi connectivity index (χ1v) is 7.44. The summed E-state index contributed by atoms with van der Waals surface area (Å²) < 4.78 is 13.2. The third-order valence-corrected chi connectivity index (χ3v) is 3.78. The highest BCUT2D eigenvalue weighted by atomic mass is 19.1. The largest absolute Gasteiger partial charge is 0.345 e. The molecule has 1 atom stereocenters. The van der Waals surface area contributed by atoms with Gasteiger partial charge in [-0.2, -0.15) is 4.39 Å². The summed E-state index contributed by atoms with van der Waals surface area (Å²) in [6.45, 7) is 2.85. The van der Waals surface area contributed by atoms with E-state index in [1.807, 2.05) is 18.2 Å². The molecule has 0 aliphatic carbocycles. The number of nitrogens with zero attached hydrogens (tertiary/aromatic N) is 2. The van der Waals surface area contributed by atoms with E-state index in [2.05, 4.69) is 24.0 Å². The van der Waals surface area contributed by atoms with E-state index in [1.54, 1.807) is 24.1 Å². The van der Waals surface area contributed by atoms with Crippen LogP contribution in [0.15, 0.2) is 48.7 Å². The average Bonchev–Trinajstić information content (AvgIpc) is 2.83. The van der Waals surface area contributed by atoms with E-state index in [-0.39, 0.29) is 11.8 Å². The van der Waals surface area contributed by atoms with Crippen molar-refractivity contribution >= 4 is 5.91 Å². The molecule has 1 amide bonds. The molecule has 2 heterocycles. The lowest BCUT2D eigenvalue weighted by molar-refractivity contribution is -0.129. The highest BCUT2D eigenvalue weighted by molar-refractivity contribution is 5.80. The predicted molar refractivity (Wildman–Crippen MR) is 84.8 cm³/mol. The molecule has 0 saturated carbocycles. The molecule has 116 valence electrons. The van der Waals surface area contributed by atoms with E-state index >= 15 is 0 Å². The van der Waals surface area contributed by atoms with Gasteiger partial charge in [0.1, 0.15) is 0 Å². The maximum absolute atomic E-state index is 13.2. The Morgan fingerprint density at radius 2 is 1.95 bits per heavy atom. The van der Waals surface area contributed by atoms with Gasteiger partial charge in [0.15, 0.2) is 0 Å². The number of halogens is 1. The Bertz CT molecular complexity index is 615. The van der Waals surface area contributed by atoms with Crippen LogP contribution < -0.4 is 0 Å². The van der Waals surface area contributed by atoms with Crippen molar-refractivity contribution in [3.05, 3.63) is 65.7 Å². The Morgan fingerprint density at radius 3 is 2.45 bits per heavy atom. The number of aromatic nitrogens is 1. The first-order valence-electron chi connectivity index (χ1n) is 7.44. The van der Waals surface area contributed by atoms with Gasteiger partial charge in [0.05, 0.1) is 0 Å². The molecule has 0 bridgehead atoms. The van der Waals surface area contributed by atoms with Crippen molar-refractivity contribution in [2.75, 3.05) is 13.6 Å². The zero-order valence-corrected chi connectivity index (χ0v) is 13.0. The molecule has 2 aromatic rings. The van der Waals surface area contributed by atoms with Crippen molar-refractivity contribution in [1.82, 2.24) is 9.88 Å². The van der Waals surface area contributed by atoms with Crippen LogP contribution in [0.5, 0.6) is 0 Å². The fraction of sp³-hybridized carbons (Fsp3) is 0.333. The zero-order chi connectivity index (χ0) is 15.9. The third-order valence-electron chi connectivity index (χ3n) is 3.78. The van der Waals surface area contributed by atoms with Crippen molar-refractivity contribution in [2.45, 2.75) is 19.8 Å². The number of likely N-dealkylation sites (tertiary alicyclic amines) is 1. The maximum Gasteiger partial charge on any atom is 0.225 e. The van der Waals surface area contributed by atoms with E-state index in [9.17, 15) is 9.18 Å². The van der Waals surface area contributed by atoms with Gasteiger partial charge < -0.3 is 4.90 Å². The minimum absolute atomic E-state index is 0.0753. The number of hydrogen-bond donors (Lipinski definition) is 0. The van der Waals surface area contributed by atoms with E-state index in [4.69, 9.17) is 0 Å². The second kappa shape index (κ2) is 7.69. The highest BCUT2D eigenvalue weighted by Gasteiger charge is 2.29. The molecule has 1 aromatic heterocycles. The van der Waals surface area contributed by atoms with E-state index in [1.165, 1.54) is 11.8 Å². The Balaban J connectivity index is 0.000000211. The second-order valence-electron chi connectivity index (χ2n) is 5.56. The molecule has 1 aliphatic rings. The van der Waals surface area contributed by atoms with Gasteiger partial charge in [0.2, 0.25) is 11.9 Å². The minimum atomic E-state index is -0.458. The highest BCUT2D eigenvalue weighted by Crippen LogP contribution is 2.21. The predicted octanol–water partition coefficient (Wildman–Crippen LogP) is 3.24.